The molecule has 2 rings (SSSR count). The number of benzene rings is 2. The molecule has 0 heterocycles. The van der Waals surface area contributed by atoms with Gasteiger partial charge in [0.15, 0.2) is 0 Å². The molecular formula is C17H18O4. The lowest BCUT2D eigenvalue weighted by atomic mass is 10.1. The van der Waals surface area contributed by atoms with Crippen molar-refractivity contribution < 1.29 is 19.4 Å². The smallest absolute Gasteiger partial charge is 0.338 e. The Morgan fingerprint density at radius 3 is 2.43 bits per heavy atom. The van der Waals surface area contributed by atoms with E-state index in [9.17, 15) is 4.79 Å². The van der Waals surface area contributed by atoms with Crippen molar-refractivity contribution in [1.29, 1.82) is 0 Å². The van der Waals surface area contributed by atoms with Crippen molar-refractivity contribution in [1.82, 2.24) is 0 Å². The summed E-state index contributed by atoms with van der Waals surface area (Å²) in [4.78, 5) is 11.7. The van der Waals surface area contributed by atoms with E-state index >= 15 is 0 Å². The first kappa shape index (κ1) is 15.1. The van der Waals surface area contributed by atoms with E-state index in [1.165, 1.54) is 7.11 Å². The van der Waals surface area contributed by atoms with Crippen LogP contribution in [0.3, 0.4) is 0 Å². The largest absolute Gasteiger partial charge is 0.489 e. The summed E-state index contributed by atoms with van der Waals surface area (Å²) in [5.74, 6) is 0.337. The van der Waals surface area contributed by atoms with Gasteiger partial charge in [0.2, 0.25) is 0 Å². The first-order valence-electron chi connectivity index (χ1n) is 6.74. The third-order valence-corrected chi connectivity index (χ3v) is 3.16. The predicted molar refractivity (Wildman–Crippen MR) is 79.3 cm³/mol. The SMILES string of the molecule is COC(=O)c1ccccc1COc1ccccc1CCO. The van der Waals surface area contributed by atoms with Gasteiger partial charge in [0.05, 0.1) is 12.7 Å². The zero-order chi connectivity index (χ0) is 15.1. The average Bonchev–Trinajstić information content (AvgIpc) is 2.54. The Morgan fingerprint density at radius 2 is 1.71 bits per heavy atom. The van der Waals surface area contributed by atoms with Crippen LogP contribution in [0.2, 0.25) is 0 Å². The lowest BCUT2D eigenvalue weighted by Crippen LogP contribution is -2.08. The number of hydrogen-bond acceptors (Lipinski definition) is 4. The molecule has 0 saturated carbocycles. The molecule has 4 nitrogen and oxygen atoms in total. The molecule has 0 fully saturated rings. The van der Waals surface area contributed by atoms with Gasteiger partial charge < -0.3 is 14.6 Å². The molecule has 0 bridgehead atoms. The third-order valence-electron chi connectivity index (χ3n) is 3.16. The maximum atomic E-state index is 11.7. The Morgan fingerprint density at radius 1 is 1.05 bits per heavy atom. The number of carbonyl (C=O) groups is 1. The second-order valence-corrected chi connectivity index (χ2v) is 4.52. The van der Waals surface area contributed by atoms with Gasteiger partial charge in [0.25, 0.3) is 0 Å². The summed E-state index contributed by atoms with van der Waals surface area (Å²) in [5.41, 5.74) is 2.21. The Hall–Kier alpha value is -2.33. The van der Waals surface area contributed by atoms with Crippen LogP contribution in [-0.4, -0.2) is 24.8 Å². The molecule has 0 unspecified atom stereocenters. The number of rotatable bonds is 6. The van der Waals surface area contributed by atoms with Crippen LogP contribution in [0.4, 0.5) is 0 Å². The van der Waals surface area contributed by atoms with E-state index in [-0.39, 0.29) is 19.2 Å². The summed E-state index contributed by atoms with van der Waals surface area (Å²) in [6.45, 7) is 0.340. The maximum Gasteiger partial charge on any atom is 0.338 e. The first-order chi connectivity index (χ1) is 10.3. The van der Waals surface area contributed by atoms with E-state index in [0.717, 1.165) is 11.1 Å². The van der Waals surface area contributed by atoms with E-state index in [0.29, 0.717) is 17.7 Å². The van der Waals surface area contributed by atoms with Crippen molar-refractivity contribution in [3.63, 3.8) is 0 Å². The van der Waals surface area contributed by atoms with E-state index < -0.39 is 0 Å². The normalized spacial score (nSPS) is 10.2. The van der Waals surface area contributed by atoms with Crippen molar-refractivity contribution in [2.24, 2.45) is 0 Å². The minimum atomic E-state index is -0.377. The van der Waals surface area contributed by atoms with Crippen LogP contribution in [0, 0.1) is 0 Å². The van der Waals surface area contributed by atoms with Crippen molar-refractivity contribution in [2.75, 3.05) is 13.7 Å². The van der Waals surface area contributed by atoms with Gasteiger partial charge in [-0.1, -0.05) is 36.4 Å². The van der Waals surface area contributed by atoms with Crippen LogP contribution in [0.5, 0.6) is 5.75 Å². The maximum absolute atomic E-state index is 11.7. The summed E-state index contributed by atoms with van der Waals surface area (Å²) >= 11 is 0. The van der Waals surface area contributed by atoms with Crippen LogP contribution >= 0.6 is 0 Å². The summed E-state index contributed by atoms with van der Waals surface area (Å²) in [5, 5.41) is 9.06. The number of para-hydroxylation sites is 1. The standard InChI is InChI=1S/C17H18O4/c1-20-17(19)15-8-4-2-7-14(15)12-21-16-9-5-3-6-13(16)10-11-18/h2-9,18H,10-12H2,1H3. The van der Waals surface area contributed by atoms with E-state index in [1.807, 2.05) is 36.4 Å². The Labute approximate surface area is 123 Å². The van der Waals surface area contributed by atoms with Gasteiger partial charge in [0, 0.05) is 12.2 Å². The van der Waals surface area contributed by atoms with Crippen molar-refractivity contribution in [3.05, 3.63) is 65.2 Å². The van der Waals surface area contributed by atoms with E-state index in [1.54, 1.807) is 12.1 Å². The van der Waals surface area contributed by atoms with Gasteiger partial charge in [-0.15, -0.1) is 0 Å². The molecule has 21 heavy (non-hydrogen) atoms. The number of hydrogen-bond donors (Lipinski definition) is 1. The fourth-order valence-electron chi connectivity index (χ4n) is 2.08. The Kier molecular flexibility index (Phi) is 5.35. The molecule has 0 spiro atoms. The highest BCUT2D eigenvalue weighted by Crippen LogP contribution is 2.21. The molecule has 1 N–H and O–H groups in total. The molecule has 0 radical (unpaired) electrons. The highest BCUT2D eigenvalue weighted by molar-refractivity contribution is 5.90. The minimum Gasteiger partial charge on any atom is -0.489 e. The fraction of sp³-hybridized carbons (Fsp3) is 0.235. The monoisotopic (exact) mass is 286 g/mol. The highest BCUT2D eigenvalue weighted by Gasteiger charge is 2.12. The molecule has 4 heteroatoms. The quantitative estimate of drug-likeness (QED) is 0.829. The molecule has 0 aliphatic rings. The second-order valence-electron chi connectivity index (χ2n) is 4.52. The Balaban J connectivity index is 2.15. The van der Waals surface area contributed by atoms with Gasteiger partial charge in [-0.2, -0.15) is 0 Å². The molecule has 0 aromatic heterocycles. The zero-order valence-corrected chi connectivity index (χ0v) is 11.9. The summed E-state index contributed by atoms with van der Waals surface area (Å²) in [7, 11) is 1.36. The molecule has 0 saturated heterocycles. The molecule has 0 aliphatic carbocycles. The summed E-state index contributed by atoms with van der Waals surface area (Å²) in [6.07, 6.45) is 0.537. The second kappa shape index (κ2) is 7.45. The minimum absolute atomic E-state index is 0.0686. The summed E-state index contributed by atoms with van der Waals surface area (Å²) < 4.78 is 10.6. The molecule has 2 aromatic rings. The van der Waals surface area contributed by atoms with Crippen molar-refractivity contribution in [2.45, 2.75) is 13.0 Å². The van der Waals surface area contributed by atoms with E-state index in [2.05, 4.69) is 0 Å². The number of methoxy groups -OCH3 is 1. The molecule has 0 atom stereocenters. The average molecular weight is 286 g/mol. The summed E-state index contributed by atoms with van der Waals surface area (Å²) in [6, 6.07) is 14.7. The highest BCUT2D eigenvalue weighted by atomic mass is 16.5. The van der Waals surface area contributed by atoms with Gasteiger partial charge in [-0.25, -0.2) is 4.79 Å². The van der Waals surface area contributed by atoms with Crippen LogP contribution in [0.25, 0.3) is 0 Å². The van der Waals surface area contributed by atoms with Gasteiger partial charge >= 0.3 is 5.97 Å². The fourth-order valence-corrected chi connectivity index (χ4v) is 2.08. The van der Waals surface area contributed by atoms with Crippen LogP contribution in [0.15, 0.2) is 48.5 Å². The molecule has 0 aliphatic heterocycles. The predicted octanol–water partition coefficient (Wildman–Crippen LogP) is 2.59. The van der Waals surface area contributed by atoms with Crippen molar-refractivity contribution >= 4 is 5.97 Å². The number of carbonyl (C=O) groups excluding carboxylic acids is 1. The first-order valence-corrected chi connectivity index (χ1v) is 6.74. The lowest BCUT2D eigenvalue weighted by molar-refractivity contribution is 0.0597. The van der Waals surface area contributed by atoms with Crippen molar-refractivity contribution in [3.8, 4) is 5.75 Å². The van der Waals surface area contributed by atoms with Crippen LogP contribution in [-0.2, 0) is 17.8 Å². The van der Waals surface area contributed by atoms with Crippen LogP contribution < -0.4 is 4.74 Å². The van der Waals surface area contributed by atoms with Gasteiger partial charge in [0.1, 0.15) is 12.4 Å². The molecule has 110 valence electrons. The lowest BCUT2D eigenvalue weighted by Gasteiger charge is -2.12. The molecule has 2 aromatic carbocycles. The molecular weight excluding hydrogens is 268 g/mol. The Bertz CT molecular complexity index is 607. The number of aliphatic hydroxyl groups is 1. The number of esters is 1. The third kappa shape index (κ3) is 3.83. The van der Waals surface area contributed by atoms with E-state index in [4.69, 9.17) is 14.6 Å². The molecule has 0 amide bonds. The number of aliphatic hydroxyl groups excluding tert-OH is 1. The topological polar surface area (TPSA) is 55.8 Å². The van der Waals surface area contributed by atoms with Crippen LogP contribution in [0.1, 0.15) is 21.5 Å². The number of ether oxygens (including phenoxy) is 2. The van der Waals surface area contributed by atoms with Gasteiger partial charge in [-0.3, -0.25) is 0 Å². The van der Waals surface area contributed by atoms with Gasteiger partial charge in [-0.05, 0) is 24.1 Å². The zero-order valence-electron chi connectivity index (χ0n) is 11.9.